The standard InChI is InChI=1S/C41H33N5O/c1-24(2)28-7-5-8-29(25(3)4)38(28)33-9-6-10-36-39(33)32-14-12-27(22-35(32)41-44-17-19-45(36)41)47-26-11-13-30-31-15-16-42-23-37(31)46-20-18-43-40(46)34(30)21-26/h5-25H,1-4H3. The number of hydrogen-bond acceptors (Lipinski definition) is 4. The van der Waals surface area contributed by atoms with E-state index in [-0.39, 0.29) is 0 Å². The number of imidazole rings is 2. The fraction of sp³-hybridized carbons (Fsp3) is 0.146. The Bertz CT molecular complexity index is 2650. The molecule has 0 fully saturated rings. The van der Waals surface area contributed by atoms with Crippen molar-refractivity contribution in [1.29, 1.82) is 0 Å². The first-order valence-electron chi connectivity index (χ1n) is 16.2. The Morgan fingerprint density at radius 1 is 0.574 bits per heavy atom. The lowest BCUT2D eigenvalue weighted by molar-refractivity contribution is 0.484. The van der Waals surface area contributed by atoms with Crippen molar-refractivity contribution in [3.8, 4) is 22.6 Å². The topological polar surface area (TPSA) is 56.7 Å². The fourth-order valence-corrected chi connectivity index (χ4v) is 7.43. The first kappa shape index (κ1) is 27.6. The molecule has 0 amide bonds. The Balaban J connectivity index is 1.25. The molecule has 9 rings (SSSR count). The van der Waals surface area contributed by atoms with Crippen LogP contribution >= 0.6 is 0 Å². The van der Waals surface area contributed by atoms with Crippen LogP contribution in [0.4, 0.5) is 0 Å². The SMILES string of the molecule is CC(C)c1cccc(C(C)C)c1-c1cccc2c1c1ccc(Oc3ccc4c5ccncc5n5ccnc5c4c3)cc1c1nccn21. The Hall–Kier alpha value is -5.75. The lowest BCUT2D eigenvalue weighted by Crippen LogP contribution is -2.01. The quantitative estimate of drug-likeness (QED) is 0.182. The number of pyridine rings is 3. The van der Waals surface area contributed by atoms with Crippen LogP contribution in [0.3, 0.4) is 0 Å². The van der Waals surface area contributed by atoms with E-state index >= 15 is 0 Å². The van der Waals surface area contributed by atoms with Gasteiger partial charge in [-0.2, -0.15) is 0 Å². The summed E-state index contributed by atoms with van der Waals surface area (Å²) in [6.07, 6.45) is 11.5. The predicted octanol–water partition coefficient (Wildman–Crippen LogP) is 10.7. The van der Waals surface area contributed by atoms with Crippen molar-refractivity contribution in [2.45, 2.75) is 39.5 Å². The summed E-state index contributed by atoms with van der Waals surface area (Å²) in [5.41, 5.74) is 9.30. The van der Waals surface area contributed by atoms with Gasteiger partial charge in [-0.15, -0.1) is 0 Å². The molecule has 47 heavy (non-hydrogen) atoms. The predicted molar refractivity (Wildman–Crippen MR) is 192 cm³/mol. The molecule has 5 aromatic heterocycles. The summed E-state index contributed by atoms with van der Waals surface area (Å²) in [5.74, 6) is 2.29. The molecule has 0 N–H and O–H groups in total. The van der Waals surface area contributed by atoms with Gasteiger partial charge < -0.3 is 4.74 Å². The maximum Gasteiger partial charge on any atom is 0.145 e. The van der Waals surface area contributed by atoms with Gasteiger partial charge in [0.2, 0.25) is 0 Å². The molecule has 0 saturated heterocycles. The van der Waals surface area contributed by atoms with Crippen molar-refractivity contribution in [3.05, 3.63) is 127 Å². The third kappa shape index (κ3) is 4.14. The third-order valence-electron chi connectivity index (χ3n) is 9.54. The molecule has 0 aliphatic rings. The molecule has 0 unspecified atom stereocenters. The van der Waals surface area contributed by atoms with E-state index in [1.165, 1.54) is 27.6 Å². The van der Waals surface area contributed by atoms with Gasteiger partial charge in [0.05, 0.1) is 17.2 Å². The maximum atomic E-state index is 6.60. The van der Waals surface area contributed by atoms with Crippen LogP contribution in [0.15, 0.2) is 116 Å². The molecular weight excluding hydrogens is 578 g/mol. The summed E-state index contributed by atoms with van der Waals surface area (Å²) >= 11 is 0. The van der Waals surface area contributed by atoms with Gasteiger partial charge in [0, 0.05) is 52.5 Å². The van der Waals surface area contributed by atoms with Gasteiger partial charge in [-0.3, -0.25) is 13.8 Å². The zero-order chi connectivity index (χ0) is 31.8. The van der Waals surface area contributed by atoms with Crippen molar-refractivity contribution in [2.75, 3.05) is 0 Å². The Morgan fingerprint density at radius 3 is 1.87 bits per heavy atom. The second-order valence-corrected chi connectivity index (χ2v) is 13.0. The van der Waals surface area contributed by atoms with Gasteiger partial charge in [-0.1, -0.05) is 58.0 Å². The van der Waals surface area contributed by atoms with Gasteiger partial charge in [0.1, 0.15) is 22.8 Å². The lowest BCUT2D eigenvalue weighted by atomic mass is 9.83. The minimum absolute atomic E-state index is 0.391. The van der Waals surface area contributed by atoms with E-state index in [0.717, 1.165) is 60.8 Å². The zero-order valence-electron chi connectivity index (χ0n) is 26.8. The molecule has 228 valence electrons. The lowest BCUT2D eigenvalue weighted by Gasteiger charge is -2.22. The van der Waals surface area contributed by atoms with Gasteiger partial charge in [0.25, 0.3) is 0 Å². The highest BCUT2D eigenvalue weighted by atomic mass is 16.5. The molecule has 0 radical (unpaired) electrons. The first-order chi connectivity index (χ1) is 23.0. The first-order valence-corrected chi connectivity index (χ1v) is 16.2. The van der Waals surface area contributed by atoms with E-state index < -0.39 is 0 Å². The van der Waals surface area contributed by atoms with E-state index in [1.807, 2.05) is 37.1 Å². The molecule has 0 atom stereocenters. The summed E-state index contributed by atoms with van der Waals surface area (Å²) in [4.78, 5) is 13.9. The second-order valence-electron chi connectivity index (χ2n) is 13.0. The van der Waals surface area contributed by atoms with Crippen LogP contribution in [-0.4, -0.2) is 23.8 Å². The minimum Gasteiger partial charge on any atom is -0.457 e. The van der Waals surface area contributed by atoms with Gasteiger partial charge in [-0.05, 0) is 93.4 Å². The summed E-state index contributed by atoms with van der Waals surface area (Å²) in [6.45, 7) is 9.14. The number of nitrogens with zero attached hydrogens (tertiary/aromatic N) is 5. The monoisotopic (exact) mass is 611 g/mol. The highest BCUT2D eigenvalue weighted by Crippen LogP contribution is 2.43. The Kier molecular flexibility index (Phi) is 6.09. The number of benzene rings is 4. The van der Waals surface area contributed by atoms with Crippen molar-refractivity contribution in [1.82, 2.24) is 23.8 Å². The number of hydrogen-bond donors (Lipinski definition) is 0. The van der Waals surface area contributed by atoms with E-state index in [4.69, 9.17) is 9.72 Å². The third-order valence-corrected chi connectivity index (χ3v) is 9.54. The molecule has 0 aliphatic carbocycles. The molecule has 0 saturated carbocycles. The fourth-order valence-electron chi connectivity index (χ4n) is 7.43. The zero-order valence-corrected chi connectivity index (χ0v) is 26.8. The number of ether oxygens (including phenoxy) is 1. The molecule has 0 aliphatic heterocycles. The molecule has 4 aromatic carbocycles. The number of aromatic nitrogens is 5. The molecule has 6 nitrogen and oxygen atoms in total. The van der Waals surface area contributed by atoms with E-state index in [0.29, 0.717) is 11.8 Å². The highest BCUT2D eigenvalue weighted by molar-refractivity contribution is 6.18. The van der Waals surface area contributed by atoms with E-state index in [1.54, 1.807) is 0 Å². The number of fused-ring (bicyclic) bond motifs is 12. The van der Waals surface area contributed by atoms with Crippen molar-refractivity contribution >= 4 is 54.6 Å². The minimum atomic E-state index is 0.391. The smallest absolute Gasteiger partial charge is 0.145 e. The maximum absolute atomic E-state index is 6.60. The Labute approximate surface area is 271 Å². The van der Waals surface area contributed by atoms with Crippen LogP contribution in [0.2, 0.25) is 0 Å². The highest BCUT2D eigenvalue weighted by Gasteiger charge is 2.21. The molecular formula is C41H33N5O. The normalized spacial score (nSPS) is 12.2. The van der Waals surface area contributed by atoms with Gasteiger partial charge in [-0.25, -0.2) is 9.97 Å². The van der Waals surface area contributed by atoms with Crippen LogP contribution in [0.5, 0.6) is 11.5 Å². The van der Waals surface area contributed by atoms with Crippen molar-refractivity contribution in [3.63, 3.8) is 0 Å². The number of rotatable bonds is 5. The van der Waals surface area contributed by atoms with E-state index in [9.17, 15) is 0 Å². The van der Waals surface area contributed by atoms with Crippen LogP contribution < -0.4 is 4.74 Å². The van der Waals surface area contributed by atoms with Crippen molar-refractivity contribution < 1.29 is 4.74 Å². The summed E-state index contributed by atoms with van der Waals surface area (Å²) < 4.78 is 10.9. The molecule has 0 bridgehead atoms. The summed E-state index contributed by atoms with van der Waals surface area (Å²) in [6, 6.07) is 28.2. The van der Waals surface area contributed by atoms with Gasteiger partial charge in [0.15, 0.2) is 0 Å². The average molecular weight is 612 g/mol. The largest absolute Gasteiger partial charge is 0.457 e. The average Bonchev–Trinajstić information content (AvgIpc) is 3.79. The van der Waals surface area contributed by atoms with Crippen LogP contribution in [0, 0.1) is 0 Å². The van der Waals surface area contributed by atoms with Crippen molar-refractivity contribution in [2.24, 2.45) is 0 Å². The molecule has 9 aromatic rings. The molecule has 0 spiro atoms. The molecule has 5 heterocycles. The second kappa shape index (κ2) is 10.4. The van der Waals surface area contributed by atoms with Crippen LogP contribution in [0.25, 0.3) is 65.8 Å². The van der Waals surface area contributed by atoms with Gasteiger partial charge >= 0.3 is 0 Å². The Morgan fingerprint density at radius 2 is 1.19 bits per heavy atom. The van der Waals surface area contributed by atoms with E-state index in [2.05, 4.69) is 125 Å². The van der Waals surface area contributed by atoms with Crippen LogP contribution in [-0.2, 0) is 0 Å². The summed E-state index contributed by atoms with van der Waals surface area (Å²) in [7, 11) is 0. The summed E-state index contributed by atoms with van der Waals surface area (Å²) in [5, 5.41) is 6.71. The molecule has 6 heteroatoms. The van der Waals surface area contributed by atoms with Crippen LogP contribution in [0.1, 0.15) is 50.7 Å².